The molecule has 0 spiro atoms. The van der Waals surface area contributed by atoms with E-state index in [1.165, 1.54) is 12.8 Å². The predicted octanol–water partition coefficient (Wildman–Crippen LogP) is 1.63. The smallest absolute Gasteiger partial charge is 0.226 e. The third-order valence-corrected chi connectivity index (χ3v) is 3.86. The summed E-state index contributed by atoms with van der Waals surface area (Å²) in [5.41, 5.74) is 0.315. The van der Waals surface area contributed by atoms with Crippen LogP contribution in [0.15, 0.2) is 0 Å². The van der Waals surface area contributed by atoms with E-state index in [1.54, 1.807) is 0 Å². The van der Waals surface area contributed by atoms with Crippen LogP contribution in [0.1, 0.15) is 39.5 Å². The molecule has 0 aromatic rings. The van der Waals surface area contributed by atoms with Crippen molar-refractivity contribution in [1.29, 1.82) is 0 Å². The molecule has 1 N–H and O–H groups in total. The average molecular weight is 224 g/mol. The van der Waals surface area contributed by atoms with E-state index in [0.717, 1.165) is 39.0 Å². The molecular formula is C13H24N2O. The van der Waals surface area contributed by atoms with Crippen molar-refractivity contribution >= 4 is 5.91 Å². The largest absolute Gasteiger partial charge is 0.342 e. The first-order valence-corrected chi connectivity index (χ1v) is 6.58. The van der Waals surface area contributed by atoms with E-state index in [-0.39, 0.29) is 5.92 Å². The Morgan fingerprint density at radius 3 is 2.81 bits per heavy atom. The van der Waals surface area contributed by atoms with Crippen molar-refractivity contribution in [2.24, 2.45) is 11.3 Å². The SMILES string of the molecule is CC1(C)CCCN(C(=O)[C@H]2CCCNC2)C1. The van der Waals surface area contributed by atoms with Gasteiger partial charge < -0.3 is 10.2 Å². The zero-order valence-corrected chi connectivity index (χ0v) is 10.6. The molecule has 92 valence electrons. The number of rotatable bonds is 1. The molecule has 2 aliphatic rings. The van der Waals surface area contributed by atoms with Gasteiger partial charge in [0.05, 0.1) is 5.92 Å². The third-order valence-electron chi connectivity index (χ3n) is 3.86. The van der Waals surface area contributed by atoms with Crippen molar-refractivity contribution < 1.29 is 4.79 Å². The van der Waals surface area contributed by atoms with Gasteiger partial charge in [-0.2, -0.15) is 0 Å². The molecule has 2 aliphatic heterocycles. The molecule has 0 aromatic carbocycles. The number of nitrogens with one attached hydrogen (secondary N) is 1. The van der Waals surface area contributed by atoms with Crippen LogP contribution < -0.4 is 5.32 Å². The molecule has 2 fully saturated rings. The van der Waals surface area contributed by atoms with Crippen molar-refractivity contribution in [3.05, 3.63) is 0 Å². The summed E-state index contributed by atoms with van der Waals surface area (Å²) in [6, 6.07) is 0. The highest BCUT2D eigenvalue weighted by Crippen LogP contribution is 2.29. The minimum Gasteiger partial charge on any atom is -0.342 e. The van der Waals surface area contributed by atoms with Crippen molar-refractivity contribution in [3.63, 3.8) is 0 Å². The molecular weight excluding hydrogens is 200 g/mol. The van der Waals surface area contributed by atoms with Crippen LogP contribution in [-0.4, -0.2) is 37.0 Å². The van der Waals surface area contributed by atoms with Crippen LogP contribution in [-0.2, 0) is 4.79 Å². The molecule has 0 radical (unpaired) electrons. The molecule has 3 heteroatoms. The highest BCUT2D eigenvalue weighted by atomic mass is 16.2. The minimum absolute atomic E-state index is 0.239. The Labute approximate surface area is 98.6 Å². The zero-order chi connectivity index (χ0) is 11.6. The van der Waals surface area contributed by atoms with Gasteiger partial charge in [0.2, 0.25) is 5.91 Å². The van der Waals surface area contributed by atoms with Crippen LogP contribution in [0.25, 0.3) is 0 Å². The molecule has 16 heavy (non-hydrogen) atoms. The maximum Gasteiger partial charge on any atom is 0.226 e. The number of carbonyl (C=O) groups is 1. The van der Waals surface area contributed by atoms with E-state index in [1.807, 2.05) is 0 Å². The van der Waals surface area contributed by atoms with Gasteiger partial charge in [0.15, 0.2) is 0 Å². The Morgan fingerprint density at radius 2 is 2.19 bits per heavy atom. The summed E-state index contributed by atoms with van der Waals surface area (Å²) in [6.45, 7) is 8.42. The van der Waals surface area contributed by atoms with Gasteiger partial charge >= 0.3 is 0 Å². The predicted molar refractivity (Wildman–Crippen MR) is 65.2 cm³/mol. The molecule has 1 amide bonds. The van der Waals surface area contributed by atoms with E-state index in [4.69, 9.17) is 0 Å². The number of piperidine rings is 2. The van der Waals surface area contributed by atoms with Crippen molar-refractivity contribution in [1.82, 2.24) is 10.2 Å². The Hall–Kier alpha value is -0.570. The first kappa shape index (κ1) is 11.9. The number of hydrogen-bond acceptors (Lipinski definition) is 2. The molecule has 2 rings (SSSR count). The Balaban J connectivity index is 1.93. The van der Waals surface area contributed by atoms with Gasteiger partial charge in [0, 0.05) is 19.6 Å². The van der Waals surface area contributed by atoms with Crippen LogP contribution in [0.2, 0.25) is 0 Å². The van der Waals surface area contributed by atoms with Gasteiger partial charge in [-0.15, -0.1) is 0 Å². The molecule has 0 aliphatic carbocycles. The number of likely N-dealkylation sites (tertiary alicyclic amines) is 1. The van der Waals surface area contributed by atoms with Crippen molar-refractivity contribution in [3.8, 4) is 0 Å². The molecule has 0 unspecified atom stereocenters. The summed E-state index contributed by atoms with van der Waals surface area (Å²) < 4.78 is 0. The Bertz CT molecular complexity index is 257. The minimum atomic E-state index is 0.239. The maximum absolute atomic E-state index is 12.3. The fraction of sp³-hybridized carbons (Fsp3) is 0.923. The number of amides is 1. The highest BCUT2D eigenvalue weighted by molar-refractivity contribution is 5.79. The van der Waals surface area contributed by atoms with Crippen molar-refractivity contribution in [2.45, 2.75) is 39.5 Å². The topological polar surface area (TPSA) is 32.3 Å². The fourth-order valence-electron chi connectivity index (χ4n) is 2.93. The Morgan fingerprint density at radius 1 is 1.38 bits per heavy atom. The maximum atomic E-state index is 12.3. The summed E-state index contributed by atoms with van der Waals surface area (Å²) in [5.74, 6) is 0.627. The monoisotopic (exact) mass is 224 g/mol. The first-order chi connectivity index (χ1) is 7.58. The number of carbonyl (C=O) groups excluding carboxylic acids is 1. The van der Waals surface area contributed by atoms with Gasteiger partial charge in [-0.05, 0) is 37.6 Å². The van der Waals surface area contributed by atoms with Gasteiger partial charge in [0.25, 0.3) is 0 Å². The molecule has 0 saturated carbocycles. The van der Waals surface area contributed by atoms with Crippen LogP contribution in [0.3, 0.4) is 0 Å². The third kappa shape index (κ3) is 2.76. The molecule has 2 saturated heterocycles. The first-order valence-electron chi connectivity index (χ1n) is 6.58. The van der Waals surface area contributed by atoms with E-state index in [2.05, 4.69) is 24.1 Å². The van der Waals surface area contributed by atoms with E-state index in [0.29, 0.717) is 11.3 Å². The average Bonchev–Trinajstić information content (AvgIpc) is 2.28. The second-order valence-electron chi connectivity index (χ2n) is 6.07. The van der Waals surface area contributed by atoms with Gasteiger partial charge in [0.1, 0.15) is 0 Å². The highest BCUT2D eigenvalue weighted by Gasteiger charge is 2.32. The summed E-state index contributed by atoms with van der Waals surface area (Å²) in [6.07, 6.45) is 4.63. The van der Waals surface area contributed by atoms with E-state index >= 15 is 0 Å². The lowest BCUT2D eigenvalue weighted by molar-refractivity contribution is -0.139. The second-order valence-corrected chi connectivity index (χ2v) is 6.07. The Kier molecular flexibility index (Phi) is 3.53. The normalized spacial score (nSPS) is 30.1. The van der Waals surface area contributed by atoms with Gasteiger partial charge in [-0.25, -0.2) is 0 Å². The molecule has 3 nitrogen and oxygen atoms in total. The van der Waals surface area contributed by atoms with E-state index < -0.39 is 0 Å². The quantitative estimate of drug-likeness (QED) is 0.734. The van der Waals surface area contributed by atoms with Gasteiger partial charge in [-0.1, -0.05) is 13.8 Å². The van der Waals surface area contributed by atoms with Crippen molar-refractivity contribution in [2.75, 3.05) is 26.2 Å². The molecule has 0 bridgehead atoms. The summed E-state index contributed by atoms with van der Waals surface area (Å²) in [5, 5.41) is 3.33. The van der Waals surface area contributed by atoms with Crippen LogP contribution in [0, 0.1) is 11.3 Å². The lowest BCUT2D eigenvalue weighted by atomic mass is 9.83. The van der Waals surface area contributed by atoms with Crippen LogP contribution >= 0.6 is 0 Å². The summed E-state index contributed by atoms with van der Waals surface area (Å²) in [4.78, 5) is 14.4. The van der Waals surface area contributed by atoms with Crippen LogP contribution in [0.4, 0.5) is 0 Å². The second kappa shape index (κ2) is 4.74. The molecule has 2 heterocycles. The summed E-state index contributed by atoms with van der Waals surface area (Å²) in [7, 11) is 0. The summed E-state index contributed by atoms with van der Waals surface area (Å²) >= 11 is 0. The standard InChI is InChI=1S/C13H24N2O/c1-13(2)6-4-8-15(10-13)12(16)11-5-3-7-14-9-11/h11,14H,3-10H2,1-2H3/t11-/m0/s1. The van der Waals surface area contributed by atoms with E-state index in [9.17, 15) is 4.79 Å². The van der Waals surface area contributed by atoms with Gasteiger partial charge in [-0.3, -0.25) is 4.79 Å². The molecule has 1 atom stereocenters. The zero-order valence-electron chi connectivity index (χ0n) is 10.6. The lowest BCUT2D eigenvalue weighted by Crippen LogP contribution is -2.48. The van der Waals surface area contributed by atoms with Crippen LogP contribution in [0.5, 0.6) is 0 Å². The number of nitrogens with zero attached hydrogens (tertiary/aromatic N) is 1. The number of hydrogen-bond donors (Lipinski definition) is 1. The lowest BCUT2D eigenvalue weighted by Gasteiger charge is -2.40. The fourth-order valence-corrected chi connectivity index (χ4v) is 2.93. The molecule has 0 aromatic heterocycles.